The first kappa shape index (κ1) is 11.8. The SMILES string of the molecule is Fc1ccc(-c2noc(CNC3CC3)n2)cc1Br. The van der Waals surface area contributed by atoms with Crippen molar-refractivity contribution < 1.29 is 8.91 Å². The molecule has 0 saturated heterocycles. The van der Waals surface area contributed by atoms with E-state index in [2.05, 4.69) is 31.4 Å². The molecule has 0 spiro atoms. The quantitative estimate of drug-likeness (QED) is 0.943. The molecule has 1 fully saturated rings. The van der Waals surface area contributed by atoms with E-state index in [9.17, 15) is 4.39 Å². The molecule has 1 aromatic carbocycles. The van der Waals surface area contributed by atoms with Crippen LogP contribution < -0.4 is 5.32 Å². The Kier molecular flexibility index (Phi) is 3.13. The Labute approximate surface area is 112 Å². The molecule has 1 N–H and O–H groups in total. The summed E-state index contributed by atoms with van der Waals surface area (Å²) in [5.41, 5.74) is 0.727. The van der Waals surface area contributed by atoms with Gasteiger partial charge >= 0.3 is 0 Å². The molecule has 1 heterocycles. The van der Waals surface area contributed by atoms with Gasteiger partial charge in [0.15, 0.2) is 0 Å². The second-order valence-electron chi connectivity index (χ2n) is 4.30. The lowest BCUT2D eigenvalue weighted by Crippen LogP contribution is -2.15. The maximum atomic E-state index is 13.1. The molecule has 0 aliphatic heterocycles. The minimum atomic E-state index is -0.308. The lowest BCUT2D eigenvalue weighted by molar-refractivity contribution is 0.367. The Hall–Kier alpha value is -1.27. The van der Waals surface area contributed by atoms with Crippen LogP contribution in [0.1, 0.15) is 18.7 Å². The lowest BCUT2D eigenvalue weighted by atomic mass is 10.2. The van der Waals surface area contributed by atoms with Crippen LogP contribution in [0.15, 0.2) is 27.2 Å². The van der Waals surface area contributed by atoms with Crippen LogP contribution in [0, 0.1) is 5.82 Å². The Balaban J connectivity index is 1.76. The highest BCUT2D eigenvalue weighted by Gasteiger charge is 2.21. The number of hydrogen-bond acceptors (Lipinski definition) is 4. The summed E-state index contributed by atoms with van der Waals surface area (Å²) in [6.45, 7) is 0.583. The maximum Gasteiger partial charge on any atom is 0.240 e. The predicted octanol–water partition coefficient (Wildman–Crippen LogP) is 2.89. The maximum absolute atomic E-state index is 13.1. The van der Waals surface area contributed by atoms with E-state index in [1.165, 1.54) is 18.9 Å². The first-order valence-electron chi connectivity index (χ1n) is 5.74. The van der Waals surface area contributed by atoms with Crippen LogP contribution in [0.25, 0.3) is 11.4 Å². The van der Waals surface area contributed by atoms with Gasteiger partial charge in [-0.15, -0.1) is 0 Å². The van der Waals surface area contributed by atoms with Crippen LogP contribution in [0.3, 0.4) is 0 Å². The van der Waals surface area contributed by atoms with E-state index >= 15 is 0 Å². The van der Waals surface area contributed by atoms with Crippen molar-refractivity contribution in [2.45, 2.75) is 25.4 Å². The van der Waals surface area contributed by atoms with Gasteiger partial charge in [-0.05, 0) is 47.0 Å². The van der Waals surface area contributed by atoms with Crippen molar-refractivity contribution in [2.75, 3.05) is 0 Å². The first-order chi connectivity index (χ1) is 8.72. The third-order valence-corrected chi connectivity index (χ3v) is 3.37. The van der Waals surface area contributed by atoms with Gasteiger partial charge in [-0.3, -0.25) is 0 Å². The number of rotatable bonds is 4. The highest BCUT2D eigenvalue weighted by molar-refractivity contribution is 9.10. The number of aromatic nitrogens is 2. The van der Waals surface area contributed by atoms with Crippen molar-refractivity contribution >= 4 is 15.9 Å². The second kappa shape index (κ2) is 4.78. The summed E-state index contributed by atoms with van der Waals surface area (Å²) in [6.07, 6.45) is 2.43. The highest BCUT2D eigenvalue weighted by Crippen LogP contribution is 2.23. The summed E-state index contributed by atoms with van der Waals surface area (Å²) < 4.78 is 18.6. The van der Waals surface area contributed by atoms with Crippen LogP contribution in [0.2, 0.25) is 0 Å². The molecular weight excluding hydrogens is 301 g/mol. The topological polar surface area (TPSA) is 51.0 Å². The van der Waals surface area contributed by atoms with Crippen molar-refractivity contribution in [3.63, 3.8) is 0 Å². The summed E-state index contributed by atoms with van der Waals surface area (Å²) >= 11 is 3.13. The van der Waals surface area contributed by atoms with Crippen LogP contribution >= 0.6 is 15.9 Å². The molecule has 4 nitrogen and oxygen atoms in total. The highest BCUT2D eigenvalue weighted by atomic mass is 79.9. The Morgan fingerprint density at radius 3 is 3.00 bits per heavy atom. The summed E-state index contributed by atoms with van der Waals surface area (Å²) in [5.74, 6) is 0.721. The number of benzene rings is 1. The zero-order chi connectivity index (χ0) is 12.5. The summed E-state index contributed by atoms with van der Waals surface area (Å²) in [6, 6.07) is 5.24. The zero-order valence-electron chi connectivity index (χ0n) is 9.49. The van der Waals surface area contributed by atoms with Crippen LogP contribution in [0.5, 0.6) is 0 Å². The Morgan fingerprint density at radius 1 is 1.44 bits per heavy atom. The van der Waals surface area contributed by atoms with Gasteiger partial charge in [0.2, 0.25) is 11.7 Å². The second-order valence-corrected chi connectivity index (χ2v) is 5.15. The van der Waals surface area contributed by atoms with E-state index in [0.717, 1.165) is 5.56 Å². The van der Waals surface area contributed by atoms with Crippen molar-refractivity contribution in [1.29, 1.82) is 0 Å². The molecular formula is C12H11BrFN3O. The van der Waals surface area contributed by atoms with Crippen molar-refractivity contribution in [3.8, 4) is 11.4 Å². The van der Waals surface area contributed by atoms with Gasteiger partial charge in [0.05, 0.1) is 11.0 Å². The van der Waals surface area contributed by atoms with Gasteiger partial charge in [-0.25, -0.2) is 4.39 Å². The molecule has 1 aromatic heterocycles. The molecule has 6 heteroatoms. The molecule has 0 amide bonds. The molecule has 0 unspecified atom stereocenters. The fraction of sp³-hybridized carbons (Fsp3) is 0.333. The van der Waals surface area contributed by atoms with Crippen LogP contribution in [-0.2, 0) is 6.54 Å². The Morgan fingerprint density at radius 2 is 2.28 bits per heavy atom. The van der Waals surface area contributed by atoms with Gasteiger partial charge < -0.3 is 9.84 Å². The van der Waals surface area contributed by atoms with Crippen molar-refractivity contribution in [1.82, 2.24) is 15.5 Å². The minimum Gasteiger partial charge on any atom is -0.338 e. The van der Waals surface area contributed by atoms with Gasteiger partial charge in [0.1, 0.15) is 5.82 Å². The summed E-state index contributed by atoms with van der Waals surface area (Å²) in [4.78, 5) is 4.27. The summed E-state index contributed by atoms with van der Waals surface area (Å²) in [5, 5.41) is 7.18. The lowest BCUT2D eigenvalue weighted by Gasteiger charge is -1.97. The molecule has 0 bridgehead atoms. The van der Waals surface area contributed by atoms with E-state index in [1.807, 2.05) is 0 Å². The molecule has 1 aliphatic carbocycles. The molecule has 18 heavy (non-hydrogen) atoms. The van der Waals surface area contributed by atoms with E-state index in [1.54, 1.807) is 12.1 Å². The van der Waals surface area contributed by atoms with Crippen molar-refractivity contribution in [2.24, 2.45) is 0 Å². The van der Waals surface area contributed by atoms with Gasteiger partial charge in [-0.2, -0.15) is 4.98 Å². The van der Waals surface area contributed by atoms with Gasteiger partial charge in [0, 0.05) is 11.6 Å². The average molecular weight is 312 g/mol. The van der Waals surface area contributed by atoms with Crippen LogP contribution in [0.4, 0.5) is 4.39 Å². The van der Waals surface area contributed by atoms with E-state index in [0.29, 0.717) is 28.8 Å². The Bertz CT molecular complexity index is 568. The monoisotopic (exact) mass is 311 g/mol. The summed E-state index contributed by atoms with van der Waals surface area (Å²) in [7, 11) is 0. The number of hydrogen-bond donors (Lipinski definition) is 1. The molecule has 1 aliphatic rings. The normalized spacial score (nSPS) is 15.0. The number of nitrogens with one attached hydrogen (secondary N) is 1. The van der Waals surface area contributed by atoms with E-state index in [-0.39, 0.29) is 5.82 Å². The third kappa shape index (κ3) is 2.59. The van der Waals surface area contributed by atoms with Crippen molar-refractivity contribution in [3.05, 3.63) is 34.4 Å². The van der Waals surface area contributed by atoms with Gasteiger partial charge in [0.25, 0.3) is 0 Å². The standard InChI is InChI=1S/C12H11BrFN3O/c13-9-5-7(1-4-10(9)14)12-16-11(18-17-12)6-15-8-2-3-8/h1,4-5,8,15H,2-3,6H2. The van der Waals surface area contributed by atoms with E-state index in [4.69, 9.17) is 4.52 Å². The molecule has 3 rings (SSSR count). The molecule has 94 valence electrons. The number of halogens is 2. The van der Waals surface area contributed by atoms with Crippen LogP contribution in [-0.4, -0.2) is 16.2 Å². The smallest absolute Gasteiger partial charge is 0.240 e. The molecule has 2 aromatic rings. The molecule has 0 radical (unpaired) electrons. The first-order valence-corrected chi connectivity index (χ1v) is 6.53. The predicted molar refractivity (Wildman–Crippen MR) is 67.3 cm³/mol. The molecule has 0 atom stereocenters. The fourth-order valence-electron chi connectivity index (χ4n) is 1.60. The average Bonchev–Trinajstić information content (AvgIpc) is 3.08. The molecule has 1 saturated carbocycles. The third-order valence-electron chi connectivity index (χ3n) is 2.77. The fourth-order valence-corrected chi connectivity index (χ4v) is 1.98. The largest absolute Gasteiger partial charge is 0.338 e. The minimum absolute atomic E-state index is 0.308. The van der Waals surface area contributed by atoms with Gasteiger partial charge in [-0.1, -0.05) is 5.16 Å². The van der Waals surface area contributed by atoms with E-state index < -0.39 is 0 Å². The number of nitrogens with zero attached hydrogens (tertiary/aromatic N) is 2. The zero-order valence-corrected chi connectivity index (χ0v) is 11.1.